The Balaban J connectivity index is 1.81. The lowest BCUT2D eigenvalue weighted by Crippen LogP contribution is -2.34. The van der Waals surface area contributed by atoms with Crippen LogP contribution < -0.4 is 10.6 Å². The maximum absolute atomic E-state index is 5.86. The Morgan fingerprint density at radius 2 is 2.00 bits per heavy atom. The van der Waals surface area contributed by atoms with Gasteiger partial charge in [0.2, 0.25) is 0 Å². The molecule has 0 aliphatic carbocycles. The van der Waals surface area contributed by atoms with Crippen molar-refractivity contribution >= 4 is 17.3 Å². The van der Waals surface area contributed by atoms with Gasteiger partial charge in [0.15, 0.2) is 11.5 Å². The van der Waals surface area contributed by atoms with Crippen molar-refractivity contribution < 1.29 is 0 Å². The smallest absolute Gasteiger partial charge is 0.180 e. The third kappa shape index (κ3) is 1.55. The normalized spacial score (nSPS) is 14.8. The highest BCUT2D eigenvalue weighted by Crippen LogP contribution is 2.23. The molecule has 7 heteroatoms. The summed E-state index contributed by atoms with van der Waals surface area (Å²) in [5, 5.41) is 0. The Kier molecular flexibility index (Phi) is 2.02. The fourth-order valence-corrected chi connectivity index (χ4v) is 2.50. The highest BCUT2D eigenvalue weighted by molar-refractivity contribution is 5.66. The highest BCUT2D eigenvalue weighted by atomic mass is 15.3. The van der Waals surface area contributed by atoms with Gasteiger partial charge >= 0.3 is 0 Å². The van der Waals surface area contributed by atoms with E-state index >= 15 is 0 Å². The summed E-state index contributed by atoms with van der Waals surface area (Å²) in [7, 11) is 0. The van der Waals surface area contributed by atoms with E-state index in [9.17, 15) is 0 Å². The summed E-state index contributed by atoms with van der Waals surface area (Å²) in [5.41, 5.74) is 6.69. The van der Waals surface area contributed by atoms with E-state index in [1.807, 2.05) is 23.0 Å². The molecule has 3 aromatic heterocycles. The number of fused-ring (bicyclic) bond motifs is 2. The van der Waals surface area contributed by atoms with Crippen LogP contribution in [0.3, 0.4) is 0 Å². The minimum absolute atomic E-state index is 0.495. The van der Waals surface area contributed by atoms with Gasteiger partial charge in [-0.1, -0.05) is 0 Å². The lowest BCUT2D eigenvalue weighted by Gasteiger charge is -2.28. The zero-order valence-corrected chi connectivity index (χ0v) is 10.3. The molecule has 4 heterocycles. The van der Waals surface area contributed by atoms with Crippen LogP contribution in [0.2, 0.25) is 0 Å². The minimum atomic E-state index is 0.495. The maximum atomic E-state index is 5.86. The summed E-state index contributed by atoms with van der Waals surface area (Å²) in [6.45, 7) is 2.51. The average molecular weight is 255 g/mol. The van der Waals surface area contributed by atoms with Crippen molar-refractivity contribution in [2.75, 3.05) is 17.2 Å². The van der Waals surface area contributed by atoms with Gasteiger partial charge in [-0.3, -0.25) is 0 Å². The Morgan fingerprint density at radius 1 is 1.11 bits per heavy atom. The Labute approximate surface area is 109 Å². The molecule has 0 fully saturated rings. The molecule has 0 saturated heterocycles. The SMILES string of the molecule is Nc1cn2ccnc2c(N2CCn3ccnc3C2)n1. The largest absolute Gasteiger partial charge is 0.382 e. The van der Waals surface area contributed by atoms with Crippen LogP contribution in [0.4, 0.5) is 11.6 Å². The van der Waals surface area contributed by atoms with E-state index in [4.69, 9.17) is 5.73 Å². The van der Waals surface area contributed by atoms with Crippen LogP contribution in [0.15, 0.2) is 31.0 Å². The number of nitrogen functional groups attached to an aromatic ring is 1. The van der Waals surface area contributed by atoms with Gasteiger partial charge in [-0.25, -0.2) is 15.0 Å². The van der Waals surface area contributed by atoms with Crippen molar-refractivity contribution in [1.29, 1.82) is 0 Å². The second-order valence-electron chi connectivity index (χ2n) is 4.61. The average Bonchev–Trinajstić information content (AvgIpc) is 3.04. The highest BCUT2D eigenvalue weighted by Gasteiger charge is 2.20. The van der Waals surface area contributed by atoms with Crippen molar-refractivity contribution in [1.82, 2.24) is 23.9 Å². The van der Waals surface area contributed by atoms with E-state index in [1.165, 1.54) is 0 Å². The van der Waals surface area contributed by atoms with Crippen molar-refractivity contribution in [3.8, 4) is 0 Å². The second-order valence-corrected chi connectivity index (χ2v) is 4.61. The van der Waals surface area contributed by atoms with Gasteiger partial charge in [0, 0.05) is 37.9 Å². The van der Waals surface area contributed by atoms with Gasteiger partial charge in [-0.15, -0.1) is 0 Å². The number of hydrogen-bond acceptors (Lipinski definition) is 5. The van der Waals surface area contributed by atoms with E-state index < -0.39 is 0 Å². The van der Waals surface area contributed by atoms with Crippen LogP contribution in [0.5, 0.6) is 0 Å². The summed E-state index contributed by atoms with van der Waals surface area (Å²) >= 11 is 0. The monoisotopic (exact) mass is 255 g/mol. The van der Waals surface area contributed by atoms with Crippen LogP contribution in [0, 0.1) is 0 Å². The molecule has 0 atom stereocenters. The van der Waals surface area contributed by atoms with Gasteiger partial charge in [0.25, 0.3) is 0 Å². The fraction of sp³-hybridized carbons (Fsp3) is 0.250. The predicted octanol–water partition coefficient (Wildman–Crippen LogP) is 0.528. The van der Waals surface area contributed by atoms with Gasteiger partial charge < -0.3 is 19.6 Å². The summed E-state index contributed by atoms with van der Waals surface area (Å²) in [6.07, 6.45) is 9.24. The third-order valence-corrected chi connectivity index (χ3v) is 3.42. The molecule has 4 rings (SSSR count). The molecular formula is C12H13N7. The number of nitrogens with zero attached hydrogens (tertiary/aromatic N) is 6. The number of rotatable bonds is 1. The Hall–Kier alpha value is -2.57. The van der Waals surface area contributed by atoms with Crippen LogP contribution >= 0.6 is 0 Å². The first-order valence-corrected chi connectivity index (χ1v) is 6.15. The lowest BCUT2D eigenvalue weighted by molar-refractivity contribution is 0.556. The van der Waals surface area contributed by atoms with Gasteiger partial charge in [0.1, 0.15) is 11.6 Å². The molecule has 1 aliphatic rings. The molecule has 7 nitrogen and oxygen atoms in total. The standard InChI is InChI=1S/C12H13N7/c13-9-7-18-4-2-15-11(18)12(16-9)19-6-5-17-3-1-14-10(17)8-19/h1-4,7H,5-6,8,13H2. The fourth-order valence-electron chi connectivity index (χ4n) is 2.50. The van der Waals surface area contributed by atoms with E-state index in [0.29, 0.717) is 5.82 Å². The van der Waals surface area contributed by atoms with E-state index in [2.05, 4.69) is 24.4 Å². The van der Waals surface area contributed by atoms with Gasteiger partial charge in [-0.2, -0.15) is 0 Å². The van der Waals surface area contributed by atoms with Crippen molar-refractivity contribution in [3.05, 3.63) is 36.8 Å². The quantitative estimate of drug-likeness (QED) is 0.686. The van der Waals surface area contributed by atoms with Crippen molar-refractivity contribution in [3.63, 3.8) is 0 Å². The van der Waals surface area contributed by atoms with Crippen molar-refractivity contribution in [2.24, 2.45) is 0 Å². The summed E-state index contributed by atoms with van der Waals surface area (Å²) < 4.78 is 4.06. The van der Waals surface area contributed by atoms with Gasteiger partial charge in [0.05, 0.1) is 12.7 Å². The molecular weight excluding hydrogens is 242 g/mol. The molecule has 1 aliphatic heterocycles. The number of hydrogen-bond donors (Lipinski definition) is 1. The van der Waals surface area contributed by atoms with E-state index in [1.54, 1.807) is 12.4 Å². The zero-order chi connectivity index (χ0) is 12.8. The first-order chi connectivity index (χ1) is 9.31. The summed E-state index contributed by atoms with van der Waals surface area (Å²) in [6, 6.07) is 0. The van der Waals surface area contributed by atoms with Crippen LogP contribution in [0.1, 0.15) is 5.82 Å². The van der Waals surface area contributed by atoms with E-state index in [0.717, 1.165) is 36.9 Å². The summed E-state index contributed by atoms with van der Waals surface area (Å²) in [4.78, 5) is 15.3. The molecule has 0 radical (unpaired) electrons. The van der Waals surface area contributed by atoms with Gasteiger partial charge in [-0.05, 0) is 0 Å². The molecule has 19 heavy (non-hydrogen) atoms. The number of aromatic nitrogens is 5. The molecule has 96 valence electrons. The molecule has 0 saturated carbocycles. The molecule has 0 unspecified atom stereocenters. The van der Waals surface area contributed by atoms with Crippen LogP contribution in [-0.2, 0) is 13.1 Å². The Morgan fingerprint density at radius 3 is 2.95 bits per heavy atom. The molecule has 3 aromatic rings. The van der Waals surface area contributed by atoms with E-state index in [-0.39, 0.29) is 0 Å². The van der Waals surface area contributed by atoms with Crippen LogP contribution in [0.25, 0.3) is 5.65 Å². The minimum Gasteiger partial charge on any atom is -0.382 e. The number of nitrogens with two attached hydrogens (primary N) is 1. The molecule has 0 bridgehead atoms. The third-order valence-electron chi connectivity index (χ3n) is 3.42. The molecule has 0 amide bonds. The topological polar surface area (TPSA) is 77.3 Å². The molecule has 2 N–H and O–H groups in total. The summed E-state index contributed by atoms with van der Waals surface area (Å²) in [5.74, 6) is 2.36. The number of imidazole rings is 2. The second kappa shape index (κ2) is 3.71. The van der Waals surface area contributed by atoms with Crippen LogP contribution in [-0.4, -0.2) is 30.5 Å². The number of anilines is 2. The molecule has 0 spiro atoms. The van der Waals surface area contributed by atoms with Crippen molar-refractivity contribution in [2.45, 2.75) is 13.1 Å². The molecule has 0 aromatic carbocycles. The Bertz CT molecular complexity index is 741. The zero-order valence-electron chi connectivity index (χ0n) is 10.3. The first kappa shape index (κ1) is 10.4. The first-order valence-electron chi connectivity index (χ1n) is 6.15. The lowest BCUT2D eigenvalue weighted by atomic mass is 10.3. The predicted molar refractivity (Wildman–Crippen MR) is 70.7 cm³/mol. The maximum Gasteiger partial charge on any atom is 0.180 e.